The number of hydrogen-bond acceptors (Lipinski definition) is 5. The third-order valence-corrected chi connectivity index (χ3v) is 5.65. The molecule has 4 rings (SSSR count). The molecule has 1 heterocycles. The molecule has 1 atom stereocenters. The summed E-state index contributed by atoms with van der Waals surface area (Å²) in [5, 5.41) is 4.44. The predicted octanol–water partition coefficient (Wildman–Crippen LogP) is 3.84. The van der Waals surface area contributed by atoms with Crippen LogP contribution in [0.4, 0.5) is 0 Å². The Hall–Kier alpha value is -2.66. The Kier molecular flexibility index (Phi) is 5.72. The van der Waals surface area contributed by atoms with Crippen molar-refractivity contribution < 1.29 is 9.15 Å². The Morgan fingerprint density at radius 3 is 3.07 bits per heavy atom. The van der Waals surface area contributed by atoms with E-state index in [1.807, 2.05) is 18.2 Å². The third kappa shape index (κ3) is 4.09. The Bertz CT molecular complexity index is 1010. The van der Waals surface area contributed by atoms with Gasteiger partial charge < -0.3 is 14.5 Å². The molecule has 0 spiro atoms. The summed E-state index contributed by atoms with van der Waals surface area (Å²) in [6.07, 6.45) is 7.27. The minimum atomic E-state index is -0.552. The molecule has 1 unspecified atom stereocenters. The van der Waals surface area contributed by atoms with E-state index in [0.29, 0.717) is 11.5 Å². The molecule has 1 aliphatic rings. The van der Waals surface area contributed by atoms with Crippen LogP contribution in [0.1, 0.15) is 41.9 Å². The van der Waals surface area contributed by atoms with E-state index in [-0.39, 0.29) is 0 Å². The summed E-state index contributed by atoms with van der Waals surface area (Å²) in [4.78, 5) is 14.9. The van der Waals surface area contributed by atoms with Gasteiger partial charge in [0.15, 0.2) is 0 Å². The van der Waals surface area contributed by atoms with Gasteiger partial charge in [0.1, 0.15) is 11.3 Å². The number of hydrogen-bond donors (Lipinski definition) is 1. The van der Waals surface area contributed by atoms with Crippen LogP contribution in [0.25, 0.3) is 11.0 Å². The number of ether oxygens (including phenoxy) is 1. The molecule has 0 amide bonds. The number of benzene rings is 2. The van der Waals surface area contributed by atoms with Crippen LogP contribution in [0, 0.1) is 0 Å². The molecule has 0 radical (unpaired) electrons. The van der Waals surface area contributed by atoms with E-state index in [2.05, 4.69) is 28.5 Å². The largest absolute Gasteiger partial charge is 0.496 e. The van der Waals surface area contributed by atoms with Crippen LogP contribution >= 0.6 is 0 Å². The van der Waals surface area contributed by atoms with Crippen LogP contribution in [0.15, 0.2) is 51.8 Å². The van der Waals surface area contributed by atoms with E-state index in [9.17, 15) is 4.79 Å². The topological polar surface area (TPSA) is 64.4 Å². The van der Waals surface area contributed by atoms with Crippen molar-refractivity contribution in [2.45, 2.75) is 38.0 Å². The van der Waals surface area contributed by atoms with Crippen molar-refractivity contribution in [2.75, 3.05) is 20.2 Å². The smallest absolute Gasteiger partial charge is 0.439 e. The standard InChI is InChI=1S/C23H26N2O3/c1-27-22-7-3-5-19-17(4-2-6-20(19)22)11-13-24-12-10-16-8-9-21-18(14-16)15-25-23(26)28-21/h3,5,7-9,14-15,17,24H,2,4,6,10-13H2,1H3. The second kappa shape index (κ2) is 8.57. The van der Waals surface area contributed by atoms with Crippen LogP contribution in [-0.2, 0) is 12.8 Å². The fourth-order valence-corrected chi connectivity index (χ4v) is 4.23. The Morgan fingerprint density at radius 1 is 1.25 bits per heavy atom. The van der Waals surface area contributed by atoms with E-state index < -0.39 is 5.76 Å². The summed E-state index contributed by atoms with van der Waals surface area (Å²) in [7, 11) is 1.76. The number of aromatic nitrogens is 1. The van der Waals surface area contributed by atoms with Gasteiger partial charge in [-0.05, 0) is 86.0 Å². The van der Waals surface area contributed by atoms with Gasteiger partial charge in [0.05, 0.1) is 7.11 Å². The van der Waals surface area contributed by atoms with Gasteiger partial charge in [-0.1, -0.05) is 18.2 Å². The van der Waals surface area contributed by atoms with E-state index in [1.165, 1.54) is 29.5 Å². The molecule has 5 nitrogen and oxygen atoms in total. The minimum Gasteiger partial charge on any atom is -0.496 e. The highest BCUT2D eigenvalue weighted by molar-refractivity contribution is 5.76. The van der Waals surface area contributed by atoms with E-state index in [1.54, 1.807) is 13.3 Å². The average Bonchev–Trinajstić information content (AvgIpc) is 2.73. The Morgan fingerprint density at radius 2 is 2.18 bits per heavy atom. The molecule has 2 aromatic carbocycles. The zero-order valence-corrected chi connectivity index (χ0v) is 16.2. The maximum absolute atomic E-state index is 11.2. The zero-order valence-electron chi connectivity index (χ0n) is 16.2. The van der Waals surface area contributed by atoms with Gasteiger partial charge in [0.25, 0.3) is 0 Å². The highest BCUT2D eigenvalue weighted by atomic mass is 16.5. The summed E-state index contributed by atoms with van der Waals surface area (Å²) >= 11 is 0. The number of nitrogens with one attached hydrogen (secondary N) is 1. The van der Waals surface area contributed by atoms with Gasteiger partial charge in [-0.2, -0.15) is 4.98 Å². The van der Waals surface area contributed by atoms with Gasteiger partial charge in [-0.3, -0.25) is 0 Å². The molecule has 3 aromatic rings. The quantitative estimate of drug-likeness (QED) is 0.633. The highest BCUT2D eigenvalue weighted by Gasteiger charge is 2.22. The molecule has 0 fully saturated rings. The van der Waals surface area contributed by atoms with Crippen LogP contribution < -0.4 is 15.8 Å². The Labute approximate surface area is 164 Å². The zero-order chi connectivity index (χ0) is 19.3. The van der Waals surface area contributed by atoms with Crippen LogP contribution in [0.2, 0.25) is 0 Å². The molecule has 0 saturated carbocycles. The Balaban J connectivity index is 1.29. The molecule has 1 aliphatic carbocycles. The van der Waals surface area contributed by atoms with Crippen molar-refractivity contribution in [1.82, 2.24) is 10.3 Å². The molecular weight excluding hydrogens is 352 g/mol. The first kappa shape index (κ1) is 18.7. The van der Waals surface area contributed by atoms with E-state index in [0.717, 1.165) is 43.5 Å². The first-order valence-electron chi connectivity index (χ1n) is 10.00. The molecule has 28 heavy (non-hydrogen) atoms. The van der Waals surface area contributed by atoms with Gasteiger partial charge in [0.2, 0.25) is 0 Å². The van der Waals surface area contributed by atoms with E-state index in [4.69, 9.17) is 9.15 Å². The average molecular weight is 378 g/mol. The normalized spacial score (nSPS) is 16.1. The molecule has 0 saturated heterocycles. The van der Waals surface area contributed by atoms with Crippen molar-refractivity contribution in [3.63, 3.8) is 0 Å². The van der Waals surface area contributed by atoms with Crippen LogP contribution in [0.5, 0.6) is 5.75 Å². The third-order valence-electron chi connectivity index (χ3n) is 5.65. The van der Waals surface area contributed by atoms with Crippen LogP contribution in [-0.4, -0.2) is 25.2 Å². The lowest BCUT2D eigenvalue weighted by molar-refractivity contribution is 0.401. The van der Waals surface area contributed by atoms with Gasteiger partial charge in [-0.25, -0.2) is 4.79 Å². The molecular formula is C23H26N2O3. The van der Waals surface area contributed by atoms with E-state index >= 15 is 0 Å². The number of fused-ring (bicyclic) bond motifs is 2. The van der Waals surface area contributed by atoms with Gasteiger partial charge in [-0.15, -0.1) is 0 Å². The summed E-state index contributed by atoms with van der Waals surface area (Å²) in [6.45, 7) is 1.93. The SMILES string of the molecule is COc1cccc2c1CCCC2CCNCCc1ccc2oc(=O)ncc2c1. The molecule has 0 aliphatic heterocycles. The summed E-state index contributed by atoms with van der Waals surface area (Å²) in [5.74, 6) is 1.10. The van der Waals surface area contributed by atoms with Crippen molar-refractivity contribution in [3.05, 3.63) is 69.8 Å². The molecule has 1 aromatic heterocycles. The van der Waals surface area contributed by atoms with Crippen LogP contribution in [0.3, 0.4) is 0 Å². The lowest BCUT2D eigenvalue weighted by Gasteiger charge is -2.27. The first-order valence-corrected chi connectivity index (χ1v) is 10.00. The number of nitrogens with zero attached hydrogens (tertiary/aromatic N) is 1. The van der Waals surface area contributed by atoms with Crippen molar-refractivity contribution in [2.24, 2.45) is 0 Å². The predicted molar refractivity (Wildman–Crippen MR) is 110 cm³/mol. The van der Waals surface area contributed by atoms with Crippen molar-refractivity contribution >= 4 is 11.0 Å². The summed E-state index contributed by atoms with van der Waals surface area (Å²) < 4.78 is 10.6. The first-order chi connectivity index (χ1) is 13.7. The highest BCUT2D eigenvalue weighted by Crippen LogP contribution is 2.38. The number of methoxy groups -OCH3 is 1. The summed E-state index contributed by atoms with van der Waals surface area (Å²) in [6, 6.07) is 12.3. The van der Waals surface area contributed by atoms with Gasteiger partial charge >= 0.3 is 5.76 Å². The molecule has 1 N–H and O–H groups in total. The fraction of sp³-hybridized carbons (Fsp3) is 0.391. The van der Waals surface area contributed by atoms with Crippen molar-refractivity contribution in [3.8, 4) is 5.75 Å². The van der Waals surface area contributed by atoms with Gasteiger partial charge in [0, 0.05) is 11.6 Å². The fourth-order valence-electron chi connectivity index (χ4n) is 4.23. The minimum absolute atomic E-state index is 0.552. The number of rotatable bonds is 7. The second-order valence-electron chi connectivity index (χ2n) is 7.40. The molecule has 5 heteroatoms. The van der Waals surface area contributed by atoms with Crippen molar-refractivity contribution in [1.29, 1.82) is 0 Å². The molecule has 0 bridgehead atoms. The summed E-state index contributed by atoms with van der Waals surface area (Å²) in [5.41, 5.74) is 4.67. The maximum Gasteiger partial charge on any atom is 0.439 e. The lowest BCUT2D eigenvalue weighted by atomic mass is 9.80. The monoisotopic (exact) mass is 378 g/mol. The lowest BCUT2D eigenvalue weighted by Crippen LogP contribution is -2.22. The molecule has 146 valence electrons. The second-order valence-corrected chi connectivity index (χ2v) is 7.40. The maximum atomic E-state index is 11.2.